The van der Waals surface area contributed by atoms with Crippen LogP contribution in [0.2, 0.25) is 5.02 Å². The molecule has 1 saturated heterocycles. The van der Waals surface area contributed by atoms with Gasteiger partial charge in [-0.05, 0) is 30.7 Å². The molecule has 23 heavy (non-hydrogen) atoms. The second kappa shape index (κ2) is 6.46. The highest BCUT2D eigenvalue weighted by Gasteiger charge is 2.27. The Labute approximate surface area is 140 Å². The normalized spacial score (nSPS) is 17.3. The average Bonchev–Trinajstić information content (AvgIpc) is 2.98. The van der Waals surface area contributed by atoms with E-state index in [9.17, 15) is 4.79 Å². The van der Waals surface area contributed by atoms with Crippen LogP contribution in [-0.2, 0) is 0 Å². The van der Waals surface area contributed by atoms with E-state index in [0.717, 1.165) is 24.2 Å². The first-order valence-electron chi connectivity index (χ1n) is 7.46. The van der Waals surface area contributed by atoms with E-state index in [4.69, 9.17) is 22.1 Å². The summed E-state index contributed by atoms with van der Waals surface area (Å²) in [6.45, 7) is 3.45. The van der Waals surface area contributed by atoms with Crippen molar-refractivity contribution >= 4 is 23.2 Å². The number of benzene rings is 1. The van der Waals surface area contributed by atoms with Crippen molar-refractivity contribution in [2.75, 3.05) is 18.0 Å². The topological polar surface area (TPSA) is 68.5 Å². The molecule has 0 spiro atoms. The van der Waals surface area contributed by atoms with Crippen LogP contribution in [0.1, 0.15) is 22.3 Å². The molecular weight excluding hydrogens is 314 g/mol. The number of carbonyl (C=O) groups is 1. The first-order valence-corrected chi connectivity index (χ1v) is 7.84. The van der Waals surface area contributed by atoms with Crippen molar-refractivity contribution in [2.24, 2.45) is 5.73 Å². The van der Waals surface area contributed by atoms with Gasteiger partial charge < -0.3 is 15.4 Å². The lowest BCUT2D eigenvalue weighted by molar-refractivity contribution is 0.100. The van der Waals surface area contributed by atoms with Gasteiger partial charge in [0.15, 0.2) is 0 Å². The molecule has 6 heteroatoms. The molecule has 1 fully saturated rings. The molecule has 0 saturated carbocycles. The molecule has 1 aromatic carbocycles. The number of hydrogen-bond acceptors (Lipinski definition) is 4. The molecule has 2 aromatic rings. The fourth-order valence-corrected chi connectivity index (χ4v) is 2.89. The van der Waals surface area contributed by atoms with Gasteiger partial charge in [0.25, 0.3) is 5.91 Å². The molecule has 5 nitrogen and oxygen atoms in total. The Morgan fingerprint density at radius 3 is 2.91 bits per heavy atom. The van der Waals surface area contributed by atoms with Gasteiger partial charge in [0, 0.05) is 35.9 Å². The van der Waals surface area contributed by atoms with Crippen LogP contribution < -0.4 is 15.4 Å². The molecule has 2 heterocycles. The average molecular weight is 332 g/mol. The summed E-state index contributed by atoms with van der Waals surface area (Å²) in [6, 6.07) is 9.04. The van der Waals surface area contributed by atoms with Gasteiger partial charge in [-0.2, -0.15) is 0 Å². The molecule has 1 aliphatic heterocycles. The summed E-state index contributed by atoms with van der Waals surface area (Å²) < 4.78 is 5.91. The van der Waals surface area contributed by atoms with Crippen LogP contribution >= 0.6 is 11.6 Å². The summed E-state index contributed by atoms with van der Waals surface area (Å²) in [5, 5.41) is 0.499. The van der Waals surface area contributed by atoms with Crippen LogP contribution in [-0.4, -0.2) is 30.1 Å². The van der Waals surface area contributed by atoms with E-state index in [0.29, 0.717) is 23.0 Å². The Morgan fingerprint density at radius 1 is 1.39 bits per heavy atom. The molecule has 1 unspecified atom stereocenters. The van der Waals surface area contributed by atoms with Gasteiger partial charge in [-0.15, -0.1) is 0 Å². The number of amides is 1. The van der Waals surface area contributed by atoms with Crippen LogP contribution in [0.3, 0.4) is 0 Å². The Balaban J connectivity index is 1.72. The van der Waals surface area contributed by atoms with Crippen LogP contribution in [0.5, 0.6) is 5.88 Å². The lowest BCUT2D eigenvalue weighted by Crippen LogP contribution is -2.27. The predicted molar refractivity (Wildman–Crippen MR) is 90.2 cm³/mol. The lowest BCUT2D eigenvalue weighted by Gasteiger charge is -2.21. The van der Waals surface area contributed by atoms with Crippen LogP contribution in [0.15, 0.2) is 36.5 Å². The zero-order chi connectivity index (χ0) is 16.4. The molecule has 3 rings (SSSR count). The number of rotatable bonds is 4. The Morgan fingerprint density at radius 2 is 2.22 bits per heavy atom. The summed E-state index contributed by atoms with van der Waals surface area (Å²) in [6.07, 6.45) is 2.67. The molecule has 120 valence electrons. The summed E-state index contributed by atoms with van der Waals surface area (Å²) in [4.78, 5) is 18.0. The maximum Gasteiger partial charge on any atom is 0.250 e. The smallest absolute Gasteiger partial charge is 0.250 e. The predicted octanol–water partition coefficient (Wildman–Crippen LogP) is 2.80. The number of nitrogens with zero attached hydrogens (tertiary/aromatic N) is 2. The number of aromatic nitrogens is 1. The van der Waals surface area contributed by atoms with Crippen molar-refractivity contribution in [1.82, 2.24) is 4.98 Å². The quantitative estimate of drug-likeness (QED) is 0.935. The Kier molecular flexibility index (Phi) is 4.39. The van der Waals surface area contributed by atoms with Gasteiger partial charge in [-0.1, -0.05) is 17.7 Å². The largest absolute Gasteiger partial charge is 0.472 e. The molecular formula is C17H18ClN3O2. The fourth-order valence-electron chi connectivity index (χ4n) is 2.72. The minimum atomic E-state index is -0.480. The molecule has 1 aromatic heterocycles. The summed E-state index contributed by atoms with van der Waals surface area (Å²) in [5.41, 5.74) is 7.79. The third-order valence-electron chi connectivity index (χ3n) is 3.88. The minimum absolute atomic E-state index is 0.0293. The lowest BCUT2D eigenvalue weighted by atomic mass is 10.1. The van der Waals surface area contributed by atoms with E-state index in [1.54, 1.807) is 18.3 Å². The maximum atomic E-state index is 11.6. The standard InChI is InChI=1S/C17H18ClN3O2/c1-11-2-5-16(20-9-11)23-13-6-7-21(10-13)15-4-3-12(18)8-14(15)17(19)22/h2-5,8-9,13H,6-7,10H2,1H3,(H2,19,22). The first-order chi connectivity index (χ1) is 11.0. The third kappa shape index (κ3) is 3.56. The van der Waals surface area contributed by atoms with Crippen LogP contribution in [0, 0.1) is 6.92 Å². The summed E-state index contributed by atoms with van der Waals surface area (Å²) in [5.74, 6) is 0.140. The SMILES string of the molecule is Cc1ccc(OC2CCN(c3ccc(Cl)cc3C(N)=O)C2)nc1. The molecule has 0 bridgehead atoms. The van der Waals surface area contributed by atoms with E-state index in [1.165, 1.54) is 0 Å². The Hall–Kier alpha value is -2.27. The second-order valence-electron chi connectivity index (χ2n) is 5.67. The molecule has 1 atom stereocenters. The highest BCUT2D eigenvalue weighted by atomic mass is 35.5. The summed E-state index contributed by atoms with van der Waals surface area (Å²) >= 11 is 5.96. The van der Waals surface area contributed by atoms with Gasteiger partial charge in [-0.3, -0.25) is 4.79 Å². The van der Waals surface area contributed by atoms with Crippen LogP contribution in [0.25, 0.3) is 0 Å². The number of pyridine rings is 1. The molecule has 1 amide bonds. The molecule has 1 aliphatic rings. The number of carbonyl (C=O) groups excluding carboxylic acids is 1. The van der Waals surface area contributed by atoms with Crippen molar-refractivity contribution in [3.63, 3.8) is 0 Å². The van der Waals surface area contributed by atoms with Crippen molar-refractivity contribution in [3.05, 3.63) is 52.7 Å². The molecule has 2 N–H and O–H groups in total. The highest BCUT2D eigenvalue weighted by Crippen LogP contribution is 2.28. The second-order valence-corrected chi connectivity index (χ2v) is 6.11. The van der Waals surface area contributed by atoms with Gasteiger partial charge in [0.05, 0.1) is 12.1 Å². The van der Waals surface area contributed by atoms with Gasteiger partial charge in [0.1, 0.15) is 6.10 Å². The van der Waals surface area contributed by atoms with Gasteiger partial charge >= 0.3 is 0 Å². The van der Waals surface area contributed by atoms with Gasteiger partial charge in [0.2, 0.25) is 5.88 Å². The minimum Gasteiger partial charge on any atom is -0.472 e. The number of anilines is 1. The van der Waals surface area contributed by atoms with Crippen LogP contribution in [0.4, 0.5) is 5.69 Å². The Bertz CT molecular complexity index is 718. The zero-order valence-corrected chi connectivity index (χ0v) is 13.6. The van der Waals surface area contributed by atoms with Crippen molar-refractivity contribution < 1.29 is 9.53 Å². The first kappa shape index (κ1) is 15.6. The summed E-state index contributed by atoms with van der Waals surface area (Å²) in [7, 11) is 0. The maximum absolute atomic E-state index is 11.6. The number of nitrogens with two attached hydrogens (primary N) is 1. The van der Waals surface area contributed by atoms with E-state index < -0.39 is 5.91 Å². The third-order valence-corrected chi connectivity index (χ3v) is 4.12. The van der Waals surface area contributed by atoms with E-state index >= 15 is 0 Å². The molecule has 0 radical (unpaired) electrons. The zero-order valence-electron chi connectivity index (χ0n) is 12.8. The van der Waals surface area contributed by atoms with Gasteiger partial charge in [-0.25, -0.2) is 4.98 Å². The van der Waals surface area contributed by atoms with E-state index in [2.05, 4.69) is 9.88 Å². The van der Waals surface area contributed by atoms with E-state index in [1.807, 2.05) is 25.1 Å². The number of aryl methyl sites for hydroxylation is 1. The number of ether oxygens (including phenoxy) is 1. The fraction of sp³-hybridized carbons (Fsp3) is 0.294. The van der Waals surface area contributed by atoms with Crippen molar-refractivity contribution in [3.8, 4) is 5.88 Å². The number of hydrogen-bond donors (Lipinski definition) is 1. The number of halogens is 1. The highest BCUT2D eigenvalue weighted by molar-refractivity contribution is 6.31. The van der Waals surface area contributed by atoms with E-state index in [-0.39, 0.29) is 6.10 Å². The van der Waals surface area contributed by atoms with Crippen molar-refractivity contribution in [1.29, 1.82) is 0 Å². The van der Waals surface area contributed by atoms with Crippen molar-refractivity contribution in [2.45, 2.75) is 19.4 Å². The number of primary amides is 1. The monoisotopic (exact) mass is 331 g/mol. The molecule has 0 aliphatic carbocycles.